The molecule has 0 aliphatic rings. The molecule has 0 N–H and O–H groups in total. The van der Waals surface area contributed by atoms with Crippen LogP contribution >= 0.6 is 0 Å². The summed E-state index contributed by atoms with van der Waals surface area (Å²) < 4.78 is 2.45. The molecule has 11 rings (SSSR count). The van der Waals surface area contributed by atoms with Crippen LogP contribution in [0.3, 0.4) is 0 Å². The minimum Gasteiger partial charge on any atom is -0.311 e. The van der Waals surface area contributed by atoms with Crippen LogP contribution in [0.1, 0.15) is 0 Å². The molecular formula is C48H30N2. The van der Waals surface area contributed by atoms with E-state index < -0.39 is 0 Å². The Labute approximate surface area is 289 Å². The predicted octanol–water partition coefficient (Wildman–Crippen LogP) is 13.4. The molecule has 50 heavy (non-hydrogen) atoms. The number of fused-ring (bicyclic) bond motifs is 2. The van der Waals surface area contributed by atoms with E-state index >= 15 is 0 Å². The van der Waals surface area contributed by atoms with Crippen molar-refractivity contribution < 1.29 is 0 Å². The molecule has 0 atom stereocenters. The highest BCUT2D eigenvalue weighted by molar-refractivity contribution is 6.40. The molecule has 11 aromatic rings. The van der Waals surface area contributed by atoms with E-state index in [-0.39, 0.29) is 0 Å². The van der Waals surface area contributed by atoms with Gasteiger partial charge in [0.05, 0.1) is 11.0 Å². The van der Waals surface area contributed by atoms with Crippen molar-refractivity contribution in [2.45, 2.75) is 0 Å². The average molecular weight is 635 g/mol. The molecule has 1 aromatic heterocycles. The molecule has 1 heterocycles. The number of benzene rings is 10. The van der Waals surface area contributed by atoms with Crippen LogP contribution in [0.25, 0.3) is 81.7 Å². The number of rotatable bonds is 5. The summed E-state index contributed by atoms with van der Waals surface area (Å²) in [6, 6.07) is 66.6. The van der Waals surface area contributed by atoms with E-state index in [4.69, 9.17) is 0 Å². The minimum absolute atomic E-state index is 1.11. The monoisotopic (exact) mass is 634 g/mol. The summed E-state index contributed by atoms with van der Waals surface area (Å²) in [4.78, 5) is 2.34. The van der Waals surface area contributed by atoms with Crippen LogP contribution in [0.5, 0.6) is 0 Å². The zero-order chi connectivity index (χ0) is 32.8. The Bertz CT molecular complexity index is 3010. The summed E-state index contributed by atoms with van der Waals surface area (Å²) in [5.74, 6) is 0. The Kier molecular flexibility index (Phi) is 5.70. The highest BCUT2D eigenvalue weighted by atomic mass is 15.1. The molecular weight excluding hydrogens is 605 g/mol. The molecule has 0 aliphatic carbocycles. The van der Waals surface area contributed by atoms with Gasteiger partial charge in [0.25, 0.3) is 0 Å². The number of aromatic nitrogens is 1. The van der Waals surface area contributed by atoms with E-state index in [9.17, 15) is 0 Å². The molecule has 10 aromatic carbocycles. The Morgan fingerprint density at radius 2 is 0.880 bits per heavy atom. The Morgan fingerprint density at radius 3 is 1.68 bits per heavy atom. The first kappa shape index (κ1) is 27.3. The van der Waals surface area contributed by atoms with Gasteiger partial charge in [-0.05, 0) is 116 Å². The highest BCUT2D eigenvalue weighted by Gasteiger charge is 2.22. The average Bonchev–Trinajstić information content (AvgIpc) is 3.53. The first-order valence-electron chi connectivity index (χ1n) is 17.3. The van der Waals surface area contributed by atoms with Crippen LogP contribution < -0.4 is 4.90 Å². The lowest BCUT2D eigenvalue weighted by atomic mass is 9.89. The molecule has 2 heteroatoms. The van der Waals surface area contributed by atoms with Crippen molar-refractivity contribution in [3.8, 4) is 16.8 Å². The maximum atomic E-state index is 2.45. The lowest BCUT2D eigenvalue weighted by Crippen LogP contribution is -2.10. The first-order valence-corrected chi connectivity index (χ1v) is 17.3. The third-order valence-electron chi connectivity index (χ3n) is 10.7. The Balaban J connectivity index is 1.04. The quantitative estimate of drug-likeness (QED) is 0.135. The fourth-order valence-electron chi connectivity index (χ4n) is 8.42. The summed E-state index contributed by atoms with van der Waals surface area (Å²) >= 11 is 0. The molecule has 0 saturated heterocycles. The van der Waals surface area contributed by atoms with Gasteiger partial charge < -0.3 is 9.47 Å². The maximum Gasteiger partial charge on any atom is 0.0548 e. The zero-order valence-corrected chi connectivity index (χ0v) is 27.2. The fraction of sp³-hybridized carbons (Fsp3) is 0. The zero-order valence-electron chi connectivity index (χ0n) is 27.2. The van der Waals surface area contributed by atoms with Crippen LogP contribution in [0.2, 0.25) is 0 Å². The standard InChI is InChI=1S/C48H30N2/c1-2-11-37(12-3-1)49(38-23-20-32(21-24-38)36-19-16-31-8-4-5-9-35(31)30-36)39-25-27-40(28-26-39)50-43-15-7-14-42-41-13-6-10-33-17-18-34-22-29-44(50)48(47(42)43)46(34)45(33)41/h1-30H. The number of nitrogens with zero attached hydrogens (tertiary/aromatic N) is 2. The van der Waals surface area contributed by atoms with Crippen molar-refractivity contribution >= 4 is 82.0 Å². The second-order valence-corrected chi connectivity index (χ2v) is 13.4. The summed E-state index contributed by atoms with van der Waals surface area (Å²) in [5, 5.41) is 13.2. The maximum absolute atomic E-state index is 2.45. The van der Waals surface area contributed by atoms with Crippen LogP contribution in [0.15, 0.2) is 182 Å². The normalized spacial score (nSPS) is 12.0. The van der Waals surface area contributed by atoms with Crippen molar-refractivity contribution in [3.63, 3.8) is 0 Å². The van der Waals surface area contributed by atoms with Crippen molar-refractivity contribution in [1.29, 1.82) is 0 Å². The lowest BCUT2D eigenvalue weighted by Gasteiger charge is -2.26. The van der Waals surface area contributed by atoms with E-state index in [1.54, 1.807) is 0 Å². The smallest absolute Gasteiger partial charge is 0.0548 e. The van der Waals surface area contributed by atoms with Crippen LogP contribution in [0.4, 0.5) is 17.1 Å². The van der Waals surface area contributed by atoms with Gasteiger partial charge in [-0.3, -0.25) is 0 Å². The second kappa shape index (κ2) is 10.4. The molecule has 0 amide bonds. The summed E-state index contributed by atoms with van der Waals surface area (Å²) in [6.45, 7) is 0. The van der Waals surface area contributed by atoms with Crippen LogP contribution in [0, 0.1) is 0 Å². The SMILES string of the molecule is c1ccc(N(c2ccc(-c3ccc4ccccc4c3)cc2)c2ccc(-n3c4cccc5c6cccc7ccc8ccc3c(c8c76)c54)cc2)cc1. The summed E-state index contributed by atoms with van der Waals surface area (Å²) in [5.41, 5.74) is 9.44. The van der Waals surface area contributed by atoms with Gasteiger partial charge in [-0.25, -0.2) is 0 Å². The minimum atomic E-state index is 1.11. The largest absolute Gasteiger partial charge is 0.311 e. The Hall–Kier alpha value is -6.64. The number of anilines is 3. The number of hydrogen-bond acceptors (Lipinski definition) is 1. The molecule has 0 aliphatic heterocycles. The topological polar surface area (TPSA) is 8.17 Å². The molecule has 232 valence electrons. The van der Waals surface area contributed by atoms with Crippen molar-refractivity contribution in [1.82, 2.24) is 4.57 Å². The van der Waals surface area contributed by atoms with Gasteiger partial charge in [-0.15, -0.1) is 0 Å². The first-order chi connectivity index (χ1) is 24.8. The van der Waals surface area contributed by atoms with Gasteiger partial charge >= 0.3 is 0 Å². The predicted molar refractivity (Wildman–Crippen MR) is 213 cm³/mol. The molecule has 0 fully saturated rings. The number of para-hydroxylation sites is 1. The van der Waals surface area contributed by atoms with E-state index in [1.807, 2.05) is 0 Å². The molecule has 0 radical (unpaired) electrons. The molecule has 0 spiro atoms. The van der Waals surface area contributed by atoms with Gasteiger partial charge in [0, 0.05) is 38.9 Å². The second-order valence-electron chi connectivity index (χ2n) is 13.4. The lowest BCUT2D eigenvalue weighted by molar-refractivity contribution is 1.17. The van der Waals surface area contributed by atoms with Gasteiger partial charge in [-0.1, -0.05) is 115 Å². The van der Waals surface area contributed by atoms with E-state index in [1.165, 1.54) is 76.0 Å². The highest BCUT2D eigenvalue weighted by Crippen LogP contribution is 2.47. The van der Waals surface area contributed by atoms with E-state index in [2.05, 4.69) is 191 Å². The van der Waals surface area contributed by atoms with Crippen molar-refractivity contribution in [2.24, 2.45) is 0 Å². The van der Waals surface area contributed by atoms with Crippen LogP contribution in [-0.4, -0.2) is 4.57 Å². The van der Waals surface area contributed by atoms with E-state index in [0.717, 1.165) is 22.7 Å². The molecule has 0 unspecified atom stereocenters. The Morgan fingerprint density at radius 1 is 0.320 bits per heavy atom. The molecule has 0 saturated carbocycles. The molecule has 2 nitrogen and oxygen atoms in total. The van der Waals surface area contributed by atoms with Crippen molar-refractivity contribution in [3.05, 3.63) is 182 Å². The number of hydrogen-bond donors (Lipinski definition) is 0. The van der Waals surface area contributed by atoms with Gasteiger partial charge in [0.2, 0.25) is 0 Å². The third kappa shape index (κ3) is 3.90. The summed E-state index contributed by atoms with van der Waals surface area (Å²) in [7, 11) is 0. The van der Waals surface area contributed by atoms with Gasteiger partial charge in [-0.2, -0.15) is 0 Å². The summed E-state index contributed by atoms with van der Waals surface area (Å²) in [6.07, 6.45) is 0. The van der Waals surface area contributed by atoms with Gasteiger partial charge in [0.1, 0.15) is 0 Å². The van der Waals surface area contributed by atoms with Crippen molar-refractivity contribution in [2.75, 3.05) is 4.90 Å². The van der Waals surface area contributed by atoms with E-state index in [0.29, 0.717) is 0 Å². The van der Waals surface area contributed by atoms with Gasteiger partial charge in [0.15, 0.2) is 0 Å². The molecule has 0 bridgehead atoms. The fourth-order valence-corrected chi connectivity index (χ4v) is 8.42. The van der Waals surface area contributed by atoms with Crippen LogP contribution in [-0.2, 0) is 0 Å². The third-order valence-corrected chi connectivity index (χ3v) is 10.7.